The smallest absolute Gasteiger partial charge is 0.244 e. The van der Waals surface area contributed by atoms with Gasteiger partial charge < -0.3 is 10.0 Å². The molecule has 0 aliphatic carbocycles. The number of unbranched alkanes of at least 4 members (excludes halogenated alkanes) is 2. The molecule has 1 aliphatic heterocycles. The molecule has 1 N–H and O–H groups in total. The second-order valence-electron chi connectivity index (χ2n) is 7.36. The van der Waals surface area contributed by atoms with Crippen LogP contribution in [0.4, 0.5) is 0 Å². The van der Waals surface area contributed by atoms with Crippen LogP contribution in [0.3, 0.4) is 0 Å². The molecule has 1 unspecified atom stereocenters. The number of amidine groups is 1. The summed E-state index contributed by atoms with van der Waals surface area (Å²) in [5.41, 5.74) is -0.799. The second kappa shape index (κ2) is 11.2. The van der Waals surface area contributed by atoms with E-state index in [0.717, 1.165) is 30.9 Å². The summed E-state index contributed by atoms with van der Waals surface area (Å²) in [5.74, 6) is 0.385. The van der Waals surface area contributed by atoms with Gasteiger partial charge in [-0.3, -0.25) is 4.99 Å². The third-order valence-electron chi connectivity index (χ3n) is 5.22. The highest BCUT2D eigenvalue weighted by atomic mass is 35.5. The predicted molar refractivity (Wildman–Crippen MR) is 127 cm³/mol. The molecule has 9 heteroatoms. The molecule has 1 aliphatic rings. The van der Waals surface area contributed by atoms with Crippen molar-refractivity contribution in [1.29, 1.82) is 0 Å². The van der Waals surface area contributed by atoms with Gasteiger partial charge in [0.1, 0.15) is 4.90 Å². The quantitative estimate of drug-likeness (QED) is 0.509. The first-order valence-electron chi connectivity index (χ1n) is 10.7. The summed E-state index contributed by atoms with van der Waals surface area (Å²) in [6.07, 6.45) is 3.41. The fourth-order valence-corrected chi connectivity index (χ4v) is 6.82. The summed E-state index contributed by atoms with van der Waals surface area (Å²) >= 11 is 7.84. The molecule has 0 spiro atoms. The summed E-state index contributed by atoms with van der Waals surface area (Å²) in [5, 5.41) is 12.4. The minimum atomic E-state index is -3.77. The molecule has 1 fully saturated rings. The Labute approximate surface area is 190 Å². The van der Waals surface area contributed by atoms with Crippen LogP contribution in [0.15, 0.2) is 28.1 Å². The van der Waals surface area contributed by atoms with Crippen LogP contribution < -0.4 is 0 Å². The number of thioether (sulfide) groups is 1. The monoisotopic (exact) mass is 475 g/mol. The largest absolute Gasteiger partial charge is 0.366 e. The number of rotatable bonds is 11. The maximum atomic E-state index is 13.5. The molecule has 0 bridgehead atoms. The van der Waals surface area contributed by atoms with Crippen LogP contribution in [0.1, 0.15) is 58.9 Å². The van der Waals surface area contributed by atoms with Gasteiger partial charge in [-0.2, -0.15) is 4.31 Å². The van der Waals surface area contributed by atoms with Gasteiger partial charge in [-0.25, -0.2) is 8.42 Å². The van der Waals surface area contributed by atoms with Crippen molar-refractivity contribution in [2.45, 2.75) is 64.0 Å². The Hall–Kier alpha value is -0.800. The molecule has 0 amide bonds. The molecule has 6 nitrogen and oxygen atoms in total. The standard InChI is InChI=1S/C21H34ClN3O3S2/c1-5-9-13-24(14-10-6-2)30(27,28)19-15-17(11-12-18(19)22)21(26)16-29-20(23-7-3)25(21)8-4/h11-12,15,26H,5-10,13-14,16H2,1-4H3. The lowest BCUT2D eigenvalue weighted by Gasteiger charge is -2.34. The third kappa shape index (κ3) is 5.33. The zero-order chi connectivity index (χ0) is 22.4. The Morgan fingerprint density at radius 2 is 1.83 bits per heavy atom. The highest BCUT2D eigenvalue weighted by molar-refractivity contribution is 8.14. The van der Waals surface area contributed by atoms with Crippen molar-refractivity contribution in [2.24, 2.45) is 4.99 Å². The van der Waals surface area contributed by atoms with Crippen LogP contribution >= 0.6 is 23.4 Å². The van der Waals surface area contributed by atoms with Crippen LogP contribution in [0, 0.1) is 0 Å². The molecule has 2 rings (SSSR count). The van der Waals surface area contributed by atoms with Gasteiger partial charge in [0.05, 0.1) is 10.8 Å². The van der Waals surface area contributed by atoms with Crippen molar-refractivity contribution in [1.82, 2.24) is 9.21 Å². The number of aliphatic imine (C=N–C) groups is 1. The molecular formula is C21H34ClN3O3S2. The highest BCUT2D eigenvalue weighted by Crippen LogP contribution is 2.40. The van der Waals surface area contributed by atoms with Gasteiger partial charge in [0.15, 0.2) is 10.9 Å². The number of nitrogens with zero attached hydrogens (tertiary/aromatic N) is 3. The van der Waals surface area contributed by atoms with Gasteiger partial charge in [0.25, 0.3) is 0 Å². The van der Waals surface area contributed by atoms with E-state index < -0.39 is 15.7 Å². The van der Waals surface area contributed by atoms with Gasteiger partial charge in [0.2, 0.25) is 10.0 Å². The van der Waals surface area contributed by atoms with Crippen molar-refractivity contribution in [3.63, 3.8) is 0 Å². The van der Waals surface area contributed by atoms with Crippen LogP contribution in [-0.2, 0) is 15.7 Å². The van der Waals surface area contributed by atoms with Crippen LogP contribution in [0.25, 0.3) is 0 Å². The number of benzene rings is 1. The highest BCUT2D eigenvalue weighted by Gasteiger charge is 2.44. The summed E-state index contributed by atoms with van der Waals surface area (Å²) in [7, 11) is -3.77. The Morgan fingerprint density at radius 1 is 1.20 bits per heavy atom. The molecule has 1 heterocycles. The molecule has 0 aromatic heterocycles. The lowest BCUT2D eigenvalue weighted by molar-refractivity contribution is -0.0455. The summed E-state index contributed by atoms with van der Waals surface area (Å²) in [6, 6.07) is 4.83. The van der Waals surface area contributed by atoms with E-state index in [4.69, 9.17) is 11.6 Å². The average Bonchev–Trinajstić information content (AvgIpc) is 3.04. The Bertz CT molecular complexity index is 840. The maximum Gasteiger partial charge on any atom is 0.244 e. The van der Waals surface area contributed by atoms with Crippen molar-refractivity contribution < 1.29 is 13.5 Å². The number of halogens is 1. The van der Waals surface area contributed by atoms with E-state index in [1.807, 2.05) is 32.6 Å². The fraction of sp³-hybridized carbons (Fsp3) is 0.667. The molecule has 30 heavy (non-hydrogen) atoms. The van der Waals surface area contributed by atoms with Crippen LogP contribution in [-0.4, -0.2) is 59.8 Å². The van der Waals surface area contributed by atoms with Gasteiger partial charge >= 0.3 is 0 Å². The Balaban J connectivity index is 2.48. The van der Waals surface area contributed by atoms with Crippen LogP contribution in [0.5, 0.6) is 0 Å². The number of hydrogen-bond donors (Lipinski definition) is 1. The number of aliphatic hydroxyl groups is 1. The van der Waals surface area contributed by atoms with E-state index in [1.165, 1.54) is 16.1 Å². The zero-order valence-corrected chi connectivity index (χ0v) is 20.8. The van der Waals surface area contributed by atoms with Gasteiger partial charge in [-0.05, 0) is 38.8 Å². The molecule has 1 aromatic rings. The van der Waals surface area contributed by atoms with Crippen molar-refractivity contribution in [3.8, 4) is 0 Å². The van der Waals surface area contributed by atoms with Crippen molar-refractivity contribution >= 4 is 38.6 Å². The first kappa shape index (κ1) is 25.5. The van der Waals surface area contributed by atoms with E-state index in [1.54, 1.807) is 18.2 Å². The average molecular weight is 476 g/mol. The summed E-state index contributed by atoms with van der Waals surface area (Å²) < 4.78 is 28.5. The maximum absolute atomic E-state index is 13.5. The van der Waals surface area contributed by atoms with Gasteiger partial charge in [0, 0.05) is 31.7 Å². The lowest BCUT2D eigenvalue weighted by Crippen LogP contribution is -2.45. The zero-order valence-electron chi connectivity index (χ0n) is 18.4. The van der Waals surface area contributed by atoms with E-state index in [9.17, 15) is 13.5 Å². The third-order valence-corrected chi connectivity index (χ3v) is 8.76. The van der Waals surface area contributed by atoms with Gasteiger partial charge in [-0.15, -0.1) is 0 Å². The molecule has 0 radical (unpaired) electrons. The minimum absolute atomic E-state index is 0.0595. The first-order chi connectivity index (χ1) is 14.3. The van der Waals surface area contributed by atoms with E-state index in [-0.39, 0.29) is 9.92 Å². The minimum Gasteiger partial charge on any atom is -0.366 e. The van der Waals surface area contributed by atoms with Crippen molar-refractivity contribution in [3.05, 3.63) is 28.8 Å². The Kier molecular flexibility index (Phi) is 9.49. The fourth-order valence-electron chi connectivity index (χ4n) is 3.49. The topological polar surface area (TPSA) is 73.2 Å². The molecule has 170 valence electrons. The van der Waals surface area contributed by atoms with Gasteiger partial charge in [-0.1, -0.05) is 56.1 Å². The van der Waals surface area contributed by atoms with E-state index in [0.29, 0.717) is 37.5 Å². The summed E-state index contributed by atoms with van der Waals surface area (Å²) in [4.78, 5) is 6.36. The van der Waals surface area contributed by atoms with Crippen molar-refractivity contribution in [2.75, 3.05) is 31.9 Å². The molecule has 1 saturated heterocycles. The molecule has 0 saturated carbocycles. The molecule has 1 aromatic carbocycles. The van der Waals surface area contributed by atoms with E-state index in [2.05, 4.69) is 4.99 Å². The molecule has 1 atom stereocenters. The Morgan fingerprint density at radius 3 is 2.37 bits per heavy atom. The van der Waals surface area contributed by atoms with E-state index >= 15 is 0 Å². The SMILES string of the molecule is CCCCN(CCCC)S(=O)(=O)c1cc(C2(O)CSC(=NCC)N2CC)ccc1Cl. The van der Waals surface area contributed by atoms with Crippen LogP contribution in [0.2, 0.25) is 5.02 Å². The normalized spacial score (nSPS) is 21.2. The second-order valence-corrected chi connectivity index (χ2v) is 10.6. The lowest BCUT2D eigenvalue weighted by atomic mass is 10.0. The summed E-state index contributed by atoms with van der Waals surface area (Å²) in [6.45, 7) is 10.1. The predicted octanol–water partition coefficient (Wildman–Crippen LogP) is 4.52. The molecular weight excluding hydrogens is 442 g/mol. The number of hydrogen-bond acceptors (Lipinski definition) is 5. The first-order valence-corrected chi connectivity index (χ1v) is 13.5. The number of sulfonamides is 1.